The Kier molecular flexibility index (Phi) is 3.68. The molecule has 0 aromatic heterocycles. The maximum absolute atomic E-state index is 4.16. The van der Waals surface area contributed by atoms with Gasteiger partial charge in [-0.15, -0.1) is 0 Å². The molecule has 2 aromatic rings. The molecule has 0 bridgehead atoms. The van der Waals surface area contributed by atoms with Crippen molar-refractivity contribution in [2.45, 2.75) is 0 Å². The van der Waals surface area contributed by atoms with E-state index in [-0.39, 0.29) is 0 Å². The first-order chi connectivity index (χ1) is 8.70. The van der Waals surface area contributed by atoms with E-state index in [0.29, 0.717) is 0 Å². The van der Waals surface area contributed by atoms with Gasteiger partial charge >= 0.3 is 0 Å². The van der Waals surface area contributed by atoms with Gasteiger partial charge in [-0.1, -0.05) is 43.0 Å². The summed E-state index contributed by atoms with van der Waals surface area (Å²) in [5.41, 5.74) is 2.26. The molecule has 0 unspecified atom stereocenters. The summed E-state index contributed by atoms with van der Waals surface area (Å²) in [6.07, 6.45) is 0. The zero-order valence-electron chi connectivity index (χ0n) is 10.9. The Balaban J connectivity index is 2.17. The van der Waals surface area contributed by atoms with Gasteiger partial charge in [0.2, 0.25) is 0 Å². The van der Waals surface area contributed by atoms with Crippen LogP contribution in [0.4, 0.5) is 11.4 Å². The zero-order chi connectivity index (χ0) is 13.0. The lowest BCUT2D eigenvalue weighted by Crippen LogP contribution is -2.29. The van der Waals surface area contributed by atoms with E-state index in [1.807, 2.05) is 50.5 Å². The van der Waals surface area contributed by atoms with Crippen LogP contribution in [0.2, 0.25) is 0 Å². The predicted octanol–water partition coefficient (Wildman–Crippen LogP) is 3.73. The molecule has 0 saturated heterocycles. The largest absolute Gasteiger partial charge is 0.331 e. The molecular formula is C16H18N2. The van der Waals surface area contributed by atoms with Crippen LogP contribution in [0, 0.1) is 0 Å². The lowest BCUT2D eigenvalue weighted by Gasteiger charge is -2.30. The van der Waals surface area contributed by atoms with Crippen LogP contribution in [0.3, 0.4) is 0 Å². The third-order valence-corrected chi connectivity index (χ3v) is 3.06. The van der Waals surface area contributed by atoms with Gasteiger partial charge in [0.05, 0.1) is 0 Å². The molecule has 0 atom stereocenters. The van der Waals surface area contributed by atoms with E-state index in [0.717, 1.165) is 17.2 Å². The van der Waals surface area contributed by atoms with Crippen LogP contribution in [0.15, 0.2) is 73.1 Å². The molecule has 0 aliphatic carbocycles. The van der Waals surface area contributed by atoms with Gasteiger partial charge in [-0.25, -0.2) is 0 Å². The number of hydrogen-bond donors (Lipinski definition) is 0. The van der Waals surface area contributed by atoms with Gasteiger partial charge in [-0.05, 0) is 24.3 Å². The quantitative estimate of drug-likeness (QED) is 0.800. The molecular weight excluding hydrogens is 220 g/mol. The third-order valence-electron chi connectivity index (χ3n) is 3.06. The van der Waals surface area contributed by atoms with Crippen molar-refractivity contribution in [1.29, 1.82) is 0 Å². The van der Waals surface area contributed by atoms with E-state index in [9.17, 15) is 0 Å². The Morgan fingerprint density at radius 3 is 1.39 bits per heavy atom. The molecule has 2 aromatic carbocycles. The Hall–Kier alpha value is -2.22. The molecule has 0 spiro atoms. The lowest BCUT2D eigenvalue weighted by atomic mass is 10.3. The summed E-state index contributed by atoms with van der Waals surface area (Å²) >= 11 is 0. The lowest BCUT2D eigenvalue weighted by molar-refractivity contribution is 0.984. The molecule has 92 valence electrons. The minimum Gasteiger partial charge on any atom is -0.331 e. The number of para-hydroxylation sites is 2. The van der Waals surface area contributed by atoms with Crippen molar-refractivity contribution < 1.29 is 0 Å². The van der Waals surface area contributed by atoms with Gasteiger partial charge in [0.15, 0.2) is 0 Å². The monoisotopic (exact) mass is 238 g/mol. The molecule has 0 heterocycles. The van der Waals surface area contributed by atoms with Crippen molar-refractivity contribution in [3.8, 4) is 0 Å². The Labute approximate surface area is 109 Å². The fourth-order valence-corrected chi connectivity index (χ4v) is 1.83. The summed E-state index contributed by atoms with van der Waals surface area (Å²) in [5.74, 6) is 0.937. The van der Waals surface area contributed by atoms with Crippen LogP contribution in [0.5, 0.6) is 0 Å². The van der Waals surface area contributed by atoms with Crippen molar-refractivity contribution in [2.24, 2.45) is 0 Å². The summed E-state index contributed by atoms with van der Waals surface area (Å²) in [6, 6.07) is 20.4. The first kappa shape index (κ1) is 12.2. The summed E-state index contributed by atoms with van der Waals surface area (Å²) in [5, 5.41) is 0. The first-order valence-corrected chi connectivity index (χ1v) is 5.96. The van der Waals surface area contributed by atoms with E-state index in [1.165, 1.54) is 0 Å². The van der Waals surface area contributed by atoms with Crippen molar-refractivity contribution in [2.75, 3.05) is 23.9 Å². The fourth-order valence-electron chi connectivity index (χ4n) is 1.83. The van der Waals surface area contributed by atoms with Crippen LogP contribution in [0.25, 0.3) is 0 Å². The minimum atomic E-state index is 0.937. The van der Waals surface area contributed by atoms with Gasteiger partial charge < -0.3 is 9.80 Å². The second-order valence-corrected chi connectivity index (χ2v) is 4.21. The third kappa shape index (κ3) is 2.54. The van der Waals surface area contributed by atoms with Gasteiger partial charge in [-0.2, -0.15) is 0 Å². The highest BCUT2D eigenvalue weighted by molar-refractivity contribution is 5.58. The summed E-state index contributed by atoms with van der Waals surface area (Å²) in [4.78, 5) is 4.15. The van der Waals surface area contributed by atoms with Crippen molar-refractivity contribution >= 4 is 11.4 Å². The zero-order valence-corrected chi connectivity index (χ0v) is 10.9. The number of hydrogen-bond acceptors (Lipinski definition) is 2. The van der Waals surface area contributed by atoms with Crippen LogP contribution in [0.1, 0.15) is 0 Å². The molecule has 0 N–H and O–H groups in total. The second kappa shape index (κ2) is 5.41. The molecule has 0 amide bonds. The number of anilines is 2. The Morgan fingerprint density at radius 2 is 1.06 bits per heavy atom. The van der Waals surface area contributed by atoms with E-state index in [2.05, 4.69) is 40.6 Å². The predicted molar refractivity (Wildman–Crippen MR) is 78.8 cm³/mol. The standard InChI is InChI=1S/C16H18N2/c1-14(17(2)15-10-6-4-7-11-15)18(3)16-12-8-5-9-13-16/h4-13H,1H2,2-3H3. The molecule has 0 fully saturated rings. The van der Waals surface area contributed by atoms with Crippen molar-refractivity contribution in [1.82, 2.24) is 0 Å². The van der Waals surface area contributed by atoms with E-state index in [4.69, 9.17) is 0 Å². The maximum atomic E-state index is 4.16. The van der Waals surface area contributed by atoms with E-state index >= 15 is 0 Å². The first-order valence-electron chi connectivity index (χ1n) is 5.96. The van der Waals surface area contributed by atoms with Crippen molar-refractivity contribution in [3.05, 3.63) is 73.1 Å². The highest BCUT2D eigenvalue weighted by Gasteiger charge is 2.10. The highest BCUT2D eigenvalue weighted by atomic mass is 15.3. The molecule has 2 rings (SSSR count). The summed E-state index contributed by atoms with van der Waals surface area (Å²) in [7, 11) is 4.05. The van der Waals surface area contributed by atoms with Crippen LogP contribution in [-0.2, 0) is 0 Å². The average Bonchev–Trinajstić information content (AvgIpc) is 2.47. The minimum absolute atomic E-state index is 0.937. The van der Waals surface area contributed by atoms with E-state index in [1.54, 1.807) is 0 Å². The van der Waals surface area contributed by atoms with E-state index < -0.39 is 0 Å². The molecule has 0 aliphatic heterocycles. The van der Waals surface area contributed by atoms with Crippen LogP contribution >= 0.6 is 0 Å². The van der Waals surface area contributed by atoms with Gasteiger partial charge in [0.1, 0.15) is 5.82 Å². The normalized spacial score (nSPS) is 9.89. The fraction of sp³-hybridized carbons (Fsp3) is 0.125. The second-order valence-electron chi connectivity index (χ2n) is 4.21. The Bertz CT molecular complexity index is 458. The van der Waals surface area contributed by atoms with Crippen molar-refractivity contribution in [3.63, 3.8) is 0 Å². The smallest absolute Gasteiger partial charge is 0.105 e. The Morgan fingerprint density at radius 1 is 0.722 bits per heavy atom. The molecule has 0 aliphatic rings. The summed E-state index contributed by atoms with van der Waals surface area (Å²) < 4.78 is 0. The average molecular weight is 238 g/mol. The topological polar surface area (TPSA) is 6.48 Å². The molecule has 2 nitrogen and oxygen atoms in total. The highest BCUT2D eigenvalue weighted by Crippen LogP contribution is 2.21. The molecule has 2 heteroatoms. The number of nitrogens with zero attached hydrogens (tertiary/aromatic N) is 2. The molecule has 18 heavy (non-hydrogen) atoms. The molecule has 0 radical (unpaired) electrons. The van der Waals surface area contributed by atoms with Gasteiger partial charge in [0, 0.05) is 25.5 Å². The molecule has 0 saturated carbocycles. The number of rotatable bonds is 4. The van der Waals surface area contributed by atoms with Gasteiger partial charge in [-0.3, -0.25) is 0 Å². The van der Waals surface area contributed by atoms with Crippen LogP contribution < -0.4 is 9.80 Å². The maximum Gasteiger partial charge on any atom is 0.105 e. The van der Waals surface area contributed by atoms with Crippen LogP contribution in [-0.4, -0.2) is 14.1 Å². The number of benzene rings is 2. The summed E-state index contributed by atoms with van der Waals surface area (Å²) in [6.45, 7) is 4.16. The van der Waals surface area contributed by atoms with Gasteiger partial charge in [0.25, 0.3) is 0 Å². The SMILES string of the molecule is C=C(N(C)c1ccccc1)N(C)c1ccccc1.